The first kappa shape index (κ1) is 16.2. The summed E-state index contributed by atoms with van der Waals surface area (Å²) in [6, 6.07) is 6.25. The molecular formula is C18H16Cl3N3. The maximum absolute atomic E-state index is 6.84. The second-order valence-corrected chi connectivity index (χ2v) is 7.44. The average Bonchev–Trinajstić information content (AvgIpc) is 3.16. The van der Waals surface area contributed by atoms with Crippen LogP contribution in [0, 0.1) is 6.92 Å². The molecule has 0 radical (unpaired) electrons. The van der Waals surface area contributed by atoms with Crippen molar-refractivity contribution in [2.75, 3.05) is 0 Å². The molecule has 124 valence electrons. The van der Waals surface area contributed by atoms with Crippen LogP contribution in [0.3, 0.4) is 0 Å². The molecule has 0 aliphatic heterocycles. The molecule has 0 N–H and O–H groups in total. The van der Waals surface area contributed by atoms with Gasteiger partial charge in [-0.05, 0) is 31.9 Å². The van der Waals surface area contributed by atoms with Crippen molar-refractivity contribution in [3.8, 4) is 11.1 Å². The Morgan fingerprint density at radius 2 is 1.83 bits per heavy atom. The number of rotatable bonds is 2. The van der Waals surface area contributed by atoms with Crippen LogP contribution in [-0.2, 0) is 0 Å². The Kier molecular flexibility index (Phi) is 4.19. The minimum absolute atomic E-state index is 0.350. The minimum Gasteiger partial charge on any atom is -0.313 e. The van der Waals surface area contributed by atoms with E-state index in [0.29, 0.717) is 21.4 Å². The van der Waals surface area contributed by atoms with E-state index in [1.54, 1.807) is 0 Å². The molecule has 0 unspecified atom stereocenters. The molecule has 2 heterocycles. The fourth-order valence-electron chi connectivity index (χ4n) is 3.64. The highest BCUT2D eigenvalue weighted by atomic mass is 35.5. The number of halogens is 3. The Hall–Kier alpha value is -1.29. The van der Waals surface area contributed by atoms with Crippen LogP contribution in [0.4, 0.5) is 0 Å². The van der Waals surface area contributed by atoms with Crippen LogP contribution < -0.4 is 0 Å². The molecule has 3 nitrogen and oxygen atoms in total. The first-order chi connectivity index (χ1) is 11.6. The molecule has 0 bridgehead atoms. The highest BCUT2D eigenvalue weighted by Gasteiger charge is 2.28. The van der Waals surface area contributed by atoms with Crippen molar-refractivity contribution in [3.05, 3.63) is 45.4 Å². The first-order valence-corrected chi connectivity index (χ1v) is 9.17. The summed E-state index contributed by atoms with van der Waals surface area (Å²) in [5.41, 5.74) is 3.61. The summed E-state index contributed by atoms with van der Waals surface area (Å²) in [6.45, 7) is 2.03. The van der Waals surface area contributed by atoms with Gasteiger partial charge < -0.3 is 4.57 Å². The number of nitrogens with zero attached hydrogens (tertiary/aromatic N) is 3. The summed E-state index contributed by atoms with van der Waals surface area (Å²) in [5, 5.41) is 2.48. The van der Waals surface area contributed by atoms with Gasteiger partial charge in [-0.3, -0.25) is 0 Å². The number of fused-ring (bicyclic) bond motifs is 1. The van der Waals surface area contributed by atoms with Crippen molar-refractivity contribution in [3.63, 3.8) is 0 Å². The van der Waals surface area contributed by atoms with Gasteiger partial charge in [0.05, 0.1) is 5.39 Å². The maximum Gasteiger partial charge on any atom is 0.146 e. The molecule has 1 saturated carbocycles. The number of benzene rings is 1. The van der Waals surface area contributed by atoms with Gasteiger partial charge in [-0.1, -0.05) is 59.3 Å². The summed E-state index contributed by atoms with van der Waals surface area (Å²) in [4.78, 5) is 8.65. The monoisotopic (exact) mass is 379 g/mol. The van der Waals surface area contributed by atoms with Crippen LogP contribution in [0.1, 0.15) is 37.3 Å². The Labute approximate surface area is 155 Å². The zero-order valence-electron chi connectivity index (χ0n) is 13.2. The van der Waals surface area contributed by atoms with Crippen molar-refractivity contribution in [2.24, 2.45) is 0 Å². The second kappa shape index (κ2) is 6.21. The van der Waals surface area contributed by atoms with Gasteiger partial charge >= 0.3 is 0 Å². The molecule has 1 aromatic carbocycles. The Morgan fingerprint density at radius 3 is 2.58 bits per heavy atom. The van der Waals surface area contributed by atoms with E-state index in [0.717, 1.165) is 40.6 Å². The molecule has 4 rings (SSSR count). The van der Waals surface area contributed by atoms with Crippen LogP contribution >= 0.6 is 34.8 Å². The molecule has 3 aromatic rings. The van der Waals surface area contributed by atoms with E-state index < -0.39 is 0 Å². The van der Waals surface area contributed by atoms with E-state index in [9.17, 15) is 0 Å². The van der Waals surface area contributed by atoms with E-state index in [4.69, 9.17) is 34.8 Å². The summed E-state index contributed by atoms with van der Waals surface area (Å²) in [7, 11) is 0. The van der Waals surface area contributed by atoms with Gasteiger partial charge in [0.1, 0.15) is 22.3 Å². The van der Waals surface area contributed by atoms with Gasteiger partial charge in [-0.15, -0.1) is 0 Å². The zero-order chi connectivity index (χ0) is 16.8. The fraction of sp³-hybridized carbons (Fsp3) is 0.333. The largest absolute Gasteiger partial charge is 0.313 e. The van der Waals surface area contributed by atoms with Gasteiger partial charge in [-0.2, -0.15) is 0 Å². The lowest BCUT2D eigenvalue weighted by molar-refractivity contribution is 0.533. The normalized spacial score (nSPS) is 15.5. The van der Waals surface area contributed by atoms with Crippen LogP contribution in [0.2, 0.25) is 15.3 Å². The Balaban J connectivity index is 2.08. The van der Waals surface area contributed by atoms with Crippen molar-refractivity contribution in [1.82, 2.24) is 14.5 Å². The lowest BCUT2D eigenvalue weighted by Gasteiger charge is -2.14. The molecule has 24 heavy (non-hydrogen) atoms. The Bertz CT molecular complexity index is 927. The van der Waals surface area contributed by atoms with Crippen LogP contribution in [0.15, 0.2) is 24.5 Å². The van der Waals surface area contributed by atoms with E-state index in [-0.39, 0.29) is 0 Å². The lowest BCUT2D eigenvalue weighted by Crippen LogP contribution is -2.05. The number of hydrogen-bond acceptors (Lipinski definition) is 2. The molecule has 1 aliphatic carbocycles. The molecule has 0 saturated heterocycles. The van der Waals surface area contributed by atoms with Crippen LogP contribution in [0.25, 0.3) is 22.2 Å². The number of hydrogen-bond donors (Lipinski definition) is 0. The van der Waals surface area contributed by atoms with Gasteiger partial charge in [0, 0.05) is 22.2 Å². The molecule has 0 spiro atoms. The molecule has 1 aliphatic rings. The standard InChI is InChI=1S/C18H16Cl3N3/c1-10-6-7-13(19)12(8-10)14-15-16(20)22-9-23-18(15)24(17(14)21)11-4-2-3-5-11/h6-9,11H,2-5H2,1H3. The van der Waals surface area contributed by atoms with Crippen molar-refractivity contribution in [1.29, 1.82) is 0 Å². The molecule has 2 aromatic heterocycles. The Morgan fingerprint density at radius 1 is 1.08 bits per heavy atom. The van der Waals surface area contributed by atoms with Crippen LogP contribution in [0.5, 0.6) is 0 Å². The van der Waals surface area contributed by atoms with Crippen molar-refractivity contribution >= 4 is 45.8 Å². The predicted molar refractivity (Wildman–Crippen MR) is 100 cm³/mol. The molecule has 0 atom stereocenters. The van der Waals surface area contributed by atoms with Gasteiger partial charge in [0.25, 0.3) is 0 Å². The summed E-state index contributed by atoms with van der Waals surface area (Å²) in [5.74, 6) is 0. The third-order valence-corrected chi connectivity index (χ3v) is 5.75. The molecule has 6 heteroatoms. The van der Waals surface area contributed by atoms with E-state index >= 15 is 0 Å². The molecule has 0 amide bonds. The van der Waals surface area contributed by atoms with Gasteiger partial charge in [-0.25, -0.2) is 9.97 Å². The smallest absolute Gasteiger partial charge is 0.146 e. The van der Waals surface area contributed by atoms with Gasteiger partial charge in [0.15, 0.2) is 0 Å². The minimum atomic E-state index is 0.350. The van der Waals surface area contributed by atoms with Crippen molar-refractivity contribution in [2.45, 2.75) is 38.6 Å². The topological polar surface area (TPSA) is 30.7 Å². The summed E-state index contributed by atoms with van der Waals surface area (Å²) in [6.07, 6.45) is 6.12. The van der Waals surface area contributed by atoms with E-state index in [1.165, 1.54) is 19.2 Å². The molecular weight excluding hydrogens is 365 g/mol. The SMILES string of the molecule is Cc1ccc(Cl)c(-c2c(Cl)n(C3CCCC3)c3ncnc(Cl)c23)c1. The number of aryl methyl sites for hydroxylation is 1. The average molecular weight is 381 g/mol. The lowest BCUT2D eigenvalue weighted by atomic mass is 10.0. The van der Waals surface area contributed by atoms with E-state index in [1.807, 2.05) is 25.1 Å². The van der Waals surface area contributed by atoms with Crippen LogP contribution in [-0.4, -0.2) is 14.5 Å². The van der Waals surface area contributed by atoms with Gasteiger partial charge in [0.2, 0.25) is 0 Å². The quantitative estimate of drug-likeness (QED) is 0.476. The number of aromatic nitrogens is 3. The van der Waals surface area contributed by atoms with E-state index in [2.05, 4.69) is 14.5 Å². The third-order valence-electron chi connectivity index (χ3n) is 4.76. The summed E-state index contributed by atoms with van der Waals surface area (Å²) < 4.78 is 2.12. The summed E-state index contributed by atoms with van der Waals surface area (Å²) >= 11 is 19.7. The third kappa shape index (κ3) is 2.50. The molecule has 1 fully saturated rings. The second-order valence-electron chi connectivity index (χ2n) is 6.32. The van der Waals surface area contributed by atoms with Crippen molar-refractivity contribution < 1.29 is 0 Å². The highest BCUT2D eigenvalue weighted by molar-refractivity contribution is 6.41. The first-order valence-electron chi connectivity index (χ1n) is 8.04. The highest BCUT2D eigenvalue weighted by Crippen LogP contribution is 2.46. The zero-order valence-corrected chi connectivity index (χ0v) is 15.5. The maximum atomic E-state index is 6.84. The predicted octanol–water partition coefficient (Wildman–Crippen LogP) is 6.48. The fourth-order valence-corrected chi connectivity index (χ4v) is 4.49.